The molecule has 1 saturated heterocycles. The van der Waals surface area contributed by atoms with Gasteiger partial charge < -0.3 is 5.32 Å². The number of benzene rings is 1. The molecule has 1 aromatic carbocycles. The number of nitrogens with one attached hydrogen (secondary N) is 1. The summed E-state index contributed by atoms with van der Waals surface area (Å²) in [6, 6.07) is 2.44. The van der Waals surface area contributed by atoms with Gasteiger partial charge in [-0.2, -0.15) is 0 Å². The van der Waals surface area contributed by atoms with Gasteiger partial charge in [-0.1, -0.05) is 15.9 Å². The fourth-order valence-electron chi connectivity index (χ4n) is 1.82. The smallest absolute Gasteiger partial charge is 0.132 e. The zero-order valence-electron chi connectivity index (χ0n) is 7.49. The Labute approximate surface area is 89.6 Å². The average Bonchev–Trinajstić information content (AvgIpc) is 2.54. The van der Waals surface area contributed by atoms with E-state index < -0.39 is 11.6 Å². The Morgan fingerprint density at radius 3 is 2.43 bits per heavy atom. The van der Waals surface area contributed by atoms with E-state index in [1.54, 1.807) is 0 Å². The van der Waals surface area contributed by atoms with Gasteiger partial charge in [0, 0.05) is 16.1 Å². The van der Waals surface area contributed by atoms with E-state index in [-0.39, 0.29) is 11.6 Å². The zero-order chi connectivity index (χ0) is 10.1. The SMILES string of the molecule is Fc1cc(Br)cc(F)c1[C@H]1CCCN1. The molecule has 2 rings (SSSR count). The van der Waals surface area contributed by atoms with Crippen molar-refractivity contribution in [3.8, 4) is 0 Å². The number of hydrogen-bond acceptors (Lipinski definition) is 1. The molecule has 1 atom stereocenters. The van der Waals surface area contributed by atoms with Gasteiger partial charge in [0.05, 0.1) is 0 Å². The van der Waals surface area contributed by atoms with Gasteiger partial charge in [-0.15, -0.1) is 0 Å². The Morgan fingerprint density at radius 2 is 1.93 bits per heavy atom. The minimum atomic E-state index is -0.476. The first-order valence-electron chi connectivity index (χ1n) is 4.56. The minimum Gasteiger partial charge on any atom is -0.310 e. The van der Waals surface area contributed by atoms with E-state index in [1.807, 2.05) is 0 Å². The standard InChI is InChI=1S/C10H10BrF2N/c11-6-4-7(12)10(8(13)5-6)9-2-1-3-14-9/h4-5,9,14H,1-3H2/t9-/m1/s1. The maximum atomic E-state index is 13.5. The summed E-state index contributed by atoms with van der Waals surface area (Å²) in [4.78, 5) is 0. The lowest BCUT2D eigenvalue weighted by Gasteiger charge is -2.12. The van der Waals surface area contributed by atoms with E-state index >= 15 is 0 Å². The second-order valence-electron chi connectivity index (χ2n) is 3.43. The molecule has 0 amide bonds. The Bertz CT molecular complexity index is 325. The summed E-state index contributed by atoms with van der Waals surface area (Å²) >= 11 is 3.06. The molecular formula is C10H10BrF2N. The fraction of sp³-hybridized carbons (Fsp3) is 0.400. The zero-order valence-corrected chi connectivity index (χ0v) is 9.07. The average molecular weight is 262 g/mol. The van der Waals surface area contributed by atoms with Gasteiger partial charge in [0.25, 0.3) is 0 Å². The summed E-state index contributed by atoms with van der Waals surface area (Å²) in [6.45, 7) is 0.833. The van der Waals surface area contributed by atoms with Crippen molar-refractivity contribution in [3.05, 3.63) is 33.8 Å². The van der Waals surface area contributed by atoms with Crippen molar-refractivity contribution in [2.75, 3.05) is 6.54 Å². The molecule has 4 heteroatoms. The predicted molar refractivity (Wildman–Crippen MR) is 54.0 cm³/mol. The predicted octanol–water partition coefficient (Wildman–Crippen LogP) is 3.15. The van der Waals surface area contributed by atoms with Crippen LogP contribution in [0.25, 0.3) is 0 Å². The van der Waals surface area contributed by atoms with Gasteiger partial charge in [0.15, 0.2) is 0 Å². The molecule has 1 aliphatic heterocycles. The van der Waals surface area contributed by atoms with Crippen molar-refractivity contribution in [1.29, 1.82) is 0 Å². The first kappa shape index (κ1) is 10.1. The highest BCUT2D eigenvalue weighted by molar-refractivity contribution is 9.10. The van der Waals surface area contributed by atoms with Crippen molar-refractivity contribution in [3.63, 3.8) is 0 Å². The van der Waals surface area contributed by atoms with Gasteiger partial charge >= 0.3 is 0 Å². The first-order chi connectivity index (χ1) is 6.68. The molecule has 0 bridgehead atoms. The van der Waals surface area contributed by atoms with Gasteiger partial charge in [-0.3, -0.25) is 0 Å². The Kier molecular flexibility index (Phi) is 2.83. The lowest BCUT2D eigenvalue weighted by Crippen LogP contribution is -2.16. The Hall–Kier alpha value is -0.480. The third-order valence-electron chi connectivity index (χ3n) is 2.45. The van der Waals surface area contributed by atoms with E-state index in [0.717, 1.165) is 19.4 Å². The second kappa shape index (κ2) is 3.95. The molecule has 1 aromatic rings. The summed E-state index contributed by atoms with van der Waals surface area (Å²) in [6.07, 6.45) is 1.77. The molecule has 1 heterocycles. The van der Waals surface area contributed by atoms with Crippen LogP contribution in [0.2, 0.25) is 0 Å². The summed E-state index contributed by atoms with van der Waals surface area (Å²) < 4.78 is 27.3. The van der Waals surface area contributed by atoms with Crippen LogP contribution in [0.1, 0.15) is 24.4 Å². The van der Waals surface area contributed by atoms with Crippen LogP contribution in [-0.4, -0.2) is 6.54 Å². The third kappa shape index (κ3) is 1.81. The highest BCUT2D eigenvalue weighted by atomic mass is 79.9. The van der Waals surface area contributed by atoms with E-state index in [4.69, 9.17) is 0 Å². The van der Waals surface area contributed by atoms with Gasteiger partial charge in [-0.25, -0.2) is 8.78 Å². The Balaban J connectivity index is 2.40. The van der Waals surface area contributed by atoms with Gasteiger partial charge in [0.2, 0.25) is 0 Å². The largest absolute Gasteiger partial charge is 0.310 e. The van der Waals surface area contributed by atoms with E-state index in [1.165, 1.54) is 12.1 Å². The van der Waals surface area contributed by atoms with Crippen molar-refractivity contribution < 1.29 is 8.78 Å². The molecule has 0 aromatic heterocycles. The normalized spacial score (nSPS) is 21.5. The number of halogens is 3. The monoisotopic (exact) mass is 261 g/mol. The third-order valence-corrected chi connectivity index (χ3v) is 2.91. The molecule has 1 nitrogen and oxygen atoms in total. The lowest BCUT2D eigenvalue weighted by molar-refractivity contribution is 0.506. The maximum Gasteiger partial charge on any atom is 0.132 e. The van der Waals surface area contributed by atoms with Crippen LogP contribution < -0.4 is 5.32 Å². The maximum absolute atomic E-state index is 13.5. The number of rotatable bonds is 1. The summed E-state index contributed by atoms with van der Waals surface area (Å²) in [5, 5.41) is 3.08. The molecular weight excluding hydrogens is 252 g/mol. The molecule has 14 heavy (non-hydrogen) atoms. The quantitative estimate of drug-likeness (QED) is 0.819. The first-order valence-corrected chi connectivity index (χ1v) is 5.35. The topological polar surface area (TPSA) is 12.0 Å². The summed E-state index contributed by atoms with van der Waals surface area (Å²) in [5.41, 5.74) is 0.172. The molecule has 1 aliphatic rings. The van der Waals surface area contributed by atoms with Crippen molar-refractivity contribution in [1.82, 2.24) is 5.32 Å². The van der Waals surface area contributed by atoms with Crippen molar-refractivity contribution >= 4 is 15.9 Å². The minimum absolute atomic E-state index is 0.164. The number of hydrogen-bond donors (Lipinski definition) is 1. The molecule has 0 spiro atoms. The highest BCUT2D eigenvalue weighted by Crippen LogP contribution is 2.29. The van der Waals surface area contributed by atoms with Crippen LogP contribution in [0, 0.1) is 11.6 Å². The van der Waals surface area contributed by atoms with Crippen molar-refractivity contribution in [2.45, 2.75) is 18.9 Å². The van der Waals surface area contributed by atoms with E-state index in [9.17, 15) is 8.78 Å². The summed E-state index contributed by atoms with van der Waals surface area (Å²) in [7, 11) is 0. The van der Waals surface area contributed by atoms with Crippen LogP contribution in [0.4, 0.5) is 8.78 Å². The Morgan fingerprint density at radius 1 is 1.29 bits per heavy atom. The van der Waals surface area contributed by atoms with Crippen LogP contribution in [0.3, 0.4) is 0 Å². The van der Waals surface area contributed by atoms with Gasteiger partial charge in [-0.05, 0) is 31.5 Å². The van der Waals surface area contributed by atoms with Crippen LogP contribution in [0.15, 0.2) is 16.6 Å². The molecule has 1 fully saturated rings. The molecule has 0 aliphatic carbocycles. The second-order valence-corrected chi connectivity index (χ2v) is 4.35. The highest BCUT2D eigenvalue weighted by Gasteiger charge is 2.23. The molecule has 0 radical (unpaired) electrons. The fourth-order valence-corrected chi connectivity index (χ4v) is 2.22. The molecule has 0 saturated carbocycles. The van der Waals surface area contributed by atoms with E-state index in [0.29, 0.717) is 4.47 Å². The van der Waals surface area contributed by atoms with Crippen LogP contribution >= 0.6 is 15.9 Å². The van der Waals surface area contributed by atoms with Crippen molar-refractivity contribution in [2.24, 2.45) is 0 Å². The lowest BCUT2D eigenvalue weighted by atomic mass is 10.0. The van der Waals surface area contributed by atoms with E-state index in [2.05, 4.69) is 21.2 Å². The van der Waals surface area contributed by atoms with Gasteiger partial charge in [0.1, 0.15) is 11.6 Å². The van der Waals surface area contributed by atoms with Crippen LogP contribution in [0.5, 0.6) is 0 Å². The van der Waals surface area contributed by atoms with Crippen LogP contribution in [-0.2, 0) is 0 Å². The summed E-state index contributed by atoms with van der Waals surface area (Å²) in [5.74, 6) is -0.951. The molecule has 1 N–H and O–H groups in total. The molecule has 76 valence electrons. The molecule has 0 unspecified atom stereocenters.